The van der Waals surface area contributed by atoms with Crippen molar-refractivity contribution in [1.29, 1.82) is 0 Å². The van der Waals surface area contributed by atoms with Crippen molar-refractivity contribution >= 4 is 23.0 Å². The Bertz CT molecular complexity index is 535. The standard InChI is InChI=1S/C16H22N2O2S/c1-19-12-5-6-13(15(9-12)20-2)17-16(21)18-14-8-10-3-4-11(14)7-10/h5-6,9-11,14H,3-4,7-8H2,1-2H3,(H2,17,18,21)/t10-,11+,14+/m1/s1. The molecule has 1 aromatic rings. The Kier molecular flexibility index (Phi) is 4.19. The molecule has 3 atom stereocenters. The normalized spacial score (nSPS) is 26.5. The third kappa shape index (κ3) is 3.07. The molecule has 0 spiro atoms. The molecule has 2 N–H and O–H groups in total. The fourth-order valence-electron chi connectivity index (χ4n) is 3.65. The van der Waals surface area contributed by atoms with Gasteiger partial charge < -0.3 is 20.1 Å². The number of methoxy groups -OCH3 is 2. The maximum Gasteiger partial charge on any atom is 0.171 e. The quantitative estimate of drug-likeness (QED) is 0.836. The van der Waals surface area contributed by atoms with E-state index in [9.17, 15) is 0 Å². The van der Waals surface area contributed by atoms with Crippen LogP contribution in [0.3, 0.4) is 0 Å². The van der Waals surface area contributed by atoms with Gasteiger partial charge in [0.15, 0.2) is 5.11 Å². The lowest BCUT2D eigenvalue weighted by molar-refractivity contribution is 0.391. The van der Waals surface area contributed by atoms with Crippen LogP contribution in [0.4, 0.5) is 5.69 Å². The van der Waals surface area contributed by atoms with Gasteiger partial charge in [-0.2, -0.15) is 0 Å². The second kappa shape index (κ2) is 6.10. The van der Waals surface area contributed by atoms with Crippen LogP contribution < -0.4 is 20.1 Å². The molecule has 114 valence electrons. The molecule has 0 radical (unpaired) electrons. The Balaban J connectivity index is 1.62. The average Bonchev–Trinajstić information content (AvgIpc) is 3.10. The third-order valence-electron chi connectivity index (χ3n) is 4.71. The van der Waals surface area contributed by atoms with Gasteiger partial charge in [0.25, 0.3) is 0 Å². The van der Waals surface area contributed by atoms with Crippen LogP contribution in [-0.2, 0) is 0 Å². The highest BCUT2D eigenvalue weighted by molar-refractivity contribution is 7.80. The van der Waals surface area contributed by atoms with E-state index in [1.54, 1.807) is 14.2 Å². The molecule has 21 heavy (non-hydrogen) atoms. The van der Waals surface area contributed by atoms with Crippen LogP contribution in [-0.4, -0.2) is 25.4 Å². The molecule has 0 aromatic heterocycles. The summed E-state index contributed by atoms with van der Waals surface area (Å²) in [5, 5.41) is 7.39. The van der Waals surface area contributed by atoms with E-state index in [2.05, 4.69) is 10.6 Å². The molecule has 0 heterocycles. The highest BCUT2D eigenvalue weighted by Crippen LogP contribution is 2.44. The molecular weight excluding hydrogens is 284 g/mol. The maximum absolute atomic E-state index is 5.45. The molecule has 2 aliphatic rings. The fourth-order valence-corrected chi connectivity index (χ4v) is 3.91. The summed E-state index contributed by atoms with van der Waals surface area (Å²) >= 11 is 5.45. The maximum atomic E-state index is 5.45. The second-order valence-corrected chi connectivity index (χ2v) is 6.35. The molecular formula is C16H22N2O2S. The van der Waals surface area contributed by atoms with E-state index in [-0.39, 0.29) is 0 Å². The Hall–Kier alpha value is -1.49. The average molecular weight is 306 g/mol. The fraction of sp³-hybridized carbons (Fsp3) is 0.562. The zero-order valence-corrected chi connectivity index (χ0v) is 13.3. The Morgan fingerprint density at radius 2 is 2.05 bits per heavy atom. The van der Waals surface area contributed by atoms with Crippen LogP contribution in [0.15, 0.2) is 18.2 Å². The Morgan fingerprint density at radius 1 is 1.19 bits per heavy atom. The number of rotatable bonds is 4. The van der Waals surface area contributed by atoms with Crippen LogP contribution in [0, 0.1) is 11.8 Å². The lowest BCUT2D eigenvalue weighted by Crippen LogP contribution is -2.40. The highest BCUT2D eigenvalue weighted by atomic mass is 32.1. The first-order valence-corrected chi connectivity index (χ1v) is 7.90. The molecule has 0 aliphatic heterocycles. The monoisotopic (exact) mass is 306 g/mol. The van der Waals surface area contributed by atoms with Crippen LogP contribution in [0.2, 0.25) is 0 Å². The number of fused-ring (bicyclic) bond motifs is 2. The van der Waals surface area contributed by atoms with Crippen molar-refractivity contribution in [3.8, 4) is 11.5 Å². The summed E-state index contributed by atoms with van der Waals surface area (Å²) in [5.41, 5.74) is 0.860. The van der Waals surface area contributed by atoms with Crippen LogP contribution >= 0.6 is 12.2 Å². The van der Waals surface area contributed by atoms with Crippen LogP contribution in [0.25, 0.3) is 0 Å². The number of benzene rings is 1. The summed E-state index contributed by atoms with van der Waals surface area (Å²) in [4.78, 5) is 0. The minimum absolute atomic E-state index is 0.535. The minimum Gasteiger partial charge on any atom is -0.497 e. The second-order valence-electron chi connectivity index (χ2n) is 5.95. The largest absolute Gasteiger partial charge is 0.497 e. The summed E-state index contributed by atoms with van der Waals surface area (Å²) in [7, 11) is 3.29. The number of ether oxygens (including phenoxy) is 2. The van der Waals surface area contributed by atoms with Crippen molar-refractivity contribution in [2.45, 2.75) is 31.7 Å². The first kappa shape index (κ1) is 14.4. The van der Waals surface area contributed by atoms with Gasteiger partial charge >= 0.3 is 0 Å². The summed E-state index contributed by atoms with van der Waals surface area (Å²) in [6.07, 6.45) is 5.37. The number of anilines is 1. The predicted octanol–water partition coefficient (Wildman–Crippen LogP) is 3.18. The van der Waals surface area contributed by atoms with E-state index in [1.807, 2.05) is 18.2 Å². The van der Waals surface area contributed by atoms with E-state index < -0.39 is 0 Å². The van der Waals surface area contributed by atoms with E-state index in [1.165, 1.54) is 25.7 Å². The van der Waals surface area contributed by atoms with Crippen molar-refractivity contribution < 1.29 is 9.47 Å². The van der Waals surface area contributed by atoms with Gasteiger partial charge in [0.2, 0.25) is 0 Å². The van der Waals surface area contributed by atoms with Gasteiger partial charge in [-0.3, -0.25) is 0 Å². The van der Waals surface area contributed by atoms with Crippen molar-refractivity contribution in [3.63, 3.8) is 0 Å². The molecule has 0 amide bonds. The highest BCUT2D eigenvalue weighted by Gasteiger charge is 2.39. The Labute approximate surface area is 131 Å². The molecule has 2 bridgehead atoms. The van der Waals surface area contributed by atoms with Gasteiger partial charge in [-0.05, 0) is 55.4 Å². The molecule has 0 saturated heterocycles. The lowest BCUT2D eigenvalue weighted by Gasteiger charge is -2.25. The number of hydrogen-bond donors (Lipinski definition) is 2. The third-order valence-corrected chi connectivity index (χ3v) is 4.93. The van der Waals surface area contributed by atoms with E-state index in [4.69, 9.17) is 21.7 Å². The lowest BCUT2D eigenvalue weighted by atomic mass is 9.96. The zero-order chi connectivity index (χ0) is 14.8. The number of thiocarbonyl (C=S) groups is 1. The van der Waals surface area contributed by atoms with Gasteiger partial charge in [0.05, 0.1) is 19.9 Å². The molecule has 1 aromatic carbocycles. The van der Waals surface area contributed by atoms with Crippen LogP contribution in [0.5, 0.6) is 11.5 Å². The summed E-state index contributed by atoms with van der Waals surface area (Å²) < 4.78 is 10.6. The van der Waals surface area contributed by atoms with Gasteiger partial charge in [0.1, 0.15) is 11.5 Å². The molecule has 5 heteroatoms. The zero-order valence-electron chi connectivity index (χ0n) is 12.5. The molecule has 0 unspecified atom stereocenters. The van der Waals surface area contributed by atoms with Crippen molar-refractivity contribution in [1.82, 2.24) is 5.32 Å². The van der Waals surface area contributed by atoms with E-state index >= 15 is 0 Å². The summed E-state index contributed by atoms with van der Waals surface area (Å²) in [6.45, 7) is 0. The SMILES string of the molecule is COc1ccc(NC(=S)N[C@H]2C[C@@H]3CC[C@H]2C3)c(OC)c1. The van der Waals surface area contributed by atoms with Gasteiger partial charge in [-0.15, -0.1) is 0 Å². The first-order valence-electron chi connectivity index (χ1n) is 7.49. The van der Waals surface area contributed by atoms with Gasteiger partial charge in [-0.25, -0.2) is 0 Å². The smallest absolute Gasteiger partial charge is 0.171 e. The molecule has 3 rings (SSSR count). The van der Waals surface area contributed by atoms with Crippen molar-refractivity contribution in [2.24, 2.45) is 11.8 Å². The molecule has 2 saturated carbocycles. The summed E-state index contributed by atoms with van der Waals surface area (Å²) in [5.74, 6) is 3.20. The first-order chi connectivity index (χ1) is 10.2. The van der Waals surface area contributed by atoms with E-state index in [0.717, 1.165) is 29.0 Å². The molecule has 2 aliphatic carbocycles. The molecule has 2 fully saturated rings. The minimum atomic E-state index is 0.535. The van der Waals surface area contributed by atoms with E-state index in [0.29, 0.717) is 11.2 Å². The topological polar surface area (TPSA) is 42.5 Å². The predicted molar refractivity (Wildman–Crippen MR) is 88.1 cm³/mol. The van der Waals surface area contributed by atoms with Gasteiger partial charge in [-0.1, -0.05) is 6.42 Å². The number of hydrogen-bond acceptors (Lipinski definition) is 3. The van der Waals surface area contributed by atoms with Crippen LogP contribution in [0.1, 0.15) is 25.7 Å². The van der Waals surface area contributed by atoms with Gasteiger partial charge in [0, 0.05) is 12.1 Å². The Morgan fingerprint density at radius 3 is 2.67 bits per heavy atom. The summed E-state index contributed by atoms with van der Waals surface area (Å²) in [6, 6.07) is 6.20. The number of nitrogens with one attached hydrogen (secondary N) is 2. The molecule has 4 nitrogen and oxygen atoms in total. The van der Waals surface area contributed by atoms with Crippen molar-refractivity contribution in [2.75, 3.05) is 19.5 Å². The van der Waals surface area contributed by atoms with Crippen molar-refractivity contribution in [3.05, 3.63) is 18.2 Å².